The zero-order valence-electron chi connectivity index (χ0n) is 8.72. The molecule has 0 aliphatic carbocycles. The molecule has 1 fully saturated rings. The van der Waals surface area contributed by atoms with Crippen molar-refractivity contribution in [3.8, 4) is 0 Å². The average Bonchev–Trinajstić information content (AvgIpc) is 1.88. The summed E-state index contributed by atoms with van der Waals surface area (Å²) in [6.45, 7) is 14.8. The molecule has 1 rings (SSSR count). The number of hydrogen-bond donors (Lipinski definition) is 0. The van der Waals surface area contributed by atoms with Crippen molar-refractivity contribution in [1.82, 2.24) is 4.90 Å². The fourth-order valence-electron chi connectivity index (χ4n) is 1.49. The van der Waals surface area contributed by atoms with Gasteiger partial charge in [-0.2, -0.15) is 0 Å². The van der Waals surface area contributed by atoms with Crippen LogP contribution in [0.15, 0.2) is 0 Å². The summed E-state index contributed by atoms with van der Waals surface area (Å²) in [4.78, 5) is 2.52. The highest BCUT2D eigenvalue weighted by molar-refractivity contribution is 4.76. The summed E-state index contributed by atoms with van der Waals surface area (Å²) in [5.41, 5.74) is 0. The van der Waals surface area contributed by atoms with Crippen LogP contribution in [-0.2, 0) is 0 Å². The first-order valence-electron chi connectivity index (χ1n) is 4.91. The lowest BCUT2D eigenvalue weighted by Gasteiger charge is -2.38. The third-order valence-corrected chi connectivity index (χ3v) is 1.76. The molecule has 0 saturated carbocycles. The smallest absolute Gasteiger partial charge is 0.00195 e. The third kappa shape index (κ3) is 4.41. The maximum Gasteiger partial charge on any atom is 0.00195 e. The van der Waals surface area contributed by atoms with Gasteiger partial charge in [-0.3, -0.25) is 0 Å². The molecule has 1 heteroatoms. The van der Waals surface area contributed by atoms with E-state index in [4.69, 9.17) is 0 Å². The van der Waals surface area contributed by atoms with E-state index >= 15 is 0 Å². The monoisotopic (exact) mass is 157 g/mol. The average molecular weight is 157 g/mol. The van der Waals surface area contributed by atoms with Crippen molar-refractivity contribution < 1.29 is 0 Å². The first-order chi connectivity index (χ1) is 5.18. The molecule has 0 bridgehead atoms. The molecular formula is C10H23N. The van der Waals surface area contributed by atoms with E-state index in [0.29, 0.717) is 0 Å². The van der Waals surface area contributed by atoms with Crippen LogP contribution in [0.1, 0.15) is 34.6 Å². The van der Waals surface area contributed by atoms with Crippen LogP contribution in [0.25, 0.3) is 0 Å². The van der Waals surface area contributed by atoms with E-state index in [1.807, 2.05) is 13.8 Å². The maximum absolute atomic E-state index is 2.52. The minimum atomic E-state index is 0.845. The first-order valence-corrected chi connectivity index (χ1v) is 4.91. The van der Waals surface area contributed by atoms with E-state index in [0.717, 1.165) is 11.8 Å². The third-order valence-electron chi connectivity index (χ3n) is 1.76. The minimum absolute atomic E-state index is 0.845. The molecule has 1 nitrogen and oxygen atoms in total. The Morgan fingerprint density at radius 2 is 1.73 bits per heavy atom. The highest BCUT2D eigenvalue weighted by Crippen LogP contribution is 2.15. The van der Waals surface area contributed by atoms with Crippen molar-refractivity contribution in [3.63, 3.8) is 0 Å². The molecule has 0 aromatic rings. The van der Waals surface area contributed by atoms with Crippen LogP contribution in [0.5, 0.6) is 0 Å². The van der Waals surface area contributed by atoms with E-state index in [1.165, 1.54) is 19.6 Å². The van der Waals surface area contributed by atoms with Gasteiger partial charge in [-0.05, 0) is 11.8 Å². The number of likely N-dealkylation sites (tertiary alicyclic amines) is 1. The Morgan fingerprint density at radius 3 is 2.00 bits per heavy atom. The lowest BCUT2D eigenvalue weighted by atomic mass is 10.0. The summed E-state index contributed by atoms with van der Waals surface area (Å²) >= 11 is 0. The van der Waals surface area contributed by atoms with Gasteiger partial charge in [-0.15, -0.1) is 0 Å². The Hall–Kier alpha value is -0.0400. The Balaban J connectivity index is 0.000000461. The van der Waals surface area contributed by atoms with Gasteiger partial charge >= 0.3 is 0 Å². The Bertz CT molecular complexity index is 82.9. The van der Waals surface area contributed by atoms with Crippen LogP contribution in [0.4, 0.5) is 0 Å². The maximum atomic E-state index is 2.52. The van der Waals surface area contributed by atoms with Gasteiger partial charge in [0, 0.05) is 19.6 Å². The summed E-state index contributed by atoms with van der Waals surface area (Å²) in [7, 11) is 0. The number of hydrogen-bond acceptors (Lipinski definition) is 1. The predicted octanol–water partition coefficient (Wildman–Crippen LogP) is 2.62. The second-order valence-electron chi connectivity index (χ2n) is 3.72. The molecule has 0 aromatic heterocycles. The van der Waals surface area contributed by atoms with Gasteiger partial charge in [0.2, 0.25) is 0 Å². The second kappa shape index (κ2) is 5.59. The van der Waals surface area contributed by atoms with Gasteiger partial charge in [-0.1, -0.05) is 34.6 Å². The highest BCUT2D eigenvalue weighted by Gasteiger charge is 2.21. The number of nitrogens with zero attached hydrogens (tertiary/aromatic N) is 1. The molecule has 0 radical (unpaired) electrons. The molecule has 0 unspecified atom stereocenters. The van der Waals surface area contributed by atoms with Gasteiger partial charge in [0.15, 0.2) is 0 Å². The fourth-order valence-corrected chi connectivity index (χ4v) is 1.49. The fraction of sp³-hybridized carbons (Fsp3) is 1.00. The van der Waals surface area contributed by atoms with E-state index in [-0.39, 0.29) is 0 Å². The number of rotatable bonds is 2. The van der Waals surface area contributed by atoms with Crippen molar-refractivity contribution in [2.24, 2.45) is 11.8 Å². The van der Waals surface area contributed by atoms with Gasteiger partial charge in [0.1, 0.15) is 0 Å². The molecule has 11 heavy (non-hydrogen) atoms. The standard InChI is InChI=1S/C8H17N.C2H6/c1-7(2)4-9-5-8(3)6-9;1-2/h7-8H,4-6H2,1-3H3;1-2H3. The molecule has 1 saturated heterocycles. The van der Waals surface area contributed by atoms with E-state index in [2.05, 4.69) is 25.7 Å². The molecule has 1 heterocycles. The van der Waals surface area contributed by atoms with Crippen molar-refractivity contribution >= 4 is 0 Å². The zero-order chi connectivity index (χ0) is 8.85. The predicted molar refractivity (Wildman–Crippen MR) is 51.8 cm³/mol. The molecule has 0 atom stereocenters. The summed E-state index contributed by atoms with van der Waals surface area (Å²) in [6.07, 6.45) is 0. The molecule has 0 aromatic carbocycles. The van der Waals surface area contributed by atoms with Gasteiger partial charge in [0.05, 0.1) is 0 Å². The Labute approximate surface area is 71.8 Å². The quantitative estimate of drug-likeness (QED) is 0.595. The van der Waals surface area contributed by atoms with Crippen molar-refractivity contribution in [2.75, 3.05) is 19.6 Å². The van der Waals surface area contributed by atoms with Crippen LogP contribution in [0.3, 0.4) is 0 Å². The Morgan fingerprint density at radius 1 is 1.27 bits per heavy atom. The van der Waals surface area contributed by atoms with Crippen molar-refractivity contribution in [2.45, 2.75) is 34.6 Å². The molecule has 0 amide bonds. The SMILES string of the molecule is CC.CC(C)CN1CC(C)C1. The summed E-state index contributed by atoms with van der Waals surface area (Å²) < 4.78 is 0. The molecule has 0 spiro atoms. The second-order valence-corrected chi connectivity index (χ2v) is 3.72. The van der Waals surface area contributed by atoms with Gasteiger partial charge in [0.25, 0.3) is 0 Å². The minimum Gasteiger partial charge on any atom is -0.302 e. The van der Waals surface area contributed by atoms with E-state index < -0.39 is 0 Å². The summed E-state index contributed by atoms with van der Waals surface area (Å²) in [5.74, 6) is 1.81. The van der Waals surface area contributed by atoms with Gasteiger partial charge < -0.3 is 4.90 Å². The normalized spacial score (nSPS) is 19.1. The largest absolute Gasteiger partial charge is 0.302 e. The summed E-state index contributed by atoms with van der Waals surface area (Å²) in [5, 5.41) is 0. The van der Waals surface area contributed by atoms with Crippen LogP contribution < -0.4 is 0 Å². The van der Waals surface area contributed by atoms with E-state index in [9.17, 15) is 0 Å². The van der Waals surface area contributed by atoms with Crippen LogP contribution >= 0.6 is 0 Å². The van der Waals surface area contributed by atoms with Crippen LogP contribution in [0.2, 0.25) is 0 Å². The molecule has 1 aliphatic heterocycles. The first kappa shape index (κ1) is 11.0. The molecular weight excluding hydrogens is 134 g/mol. The van der Waals surface area contributed by atoms with Crippen LogP contribution in [-0.4, -0.2) is 24.5 Å². The zero-order valence-corrected chi connectivity index (χ0v) is 8.72. The topological polar surface area (TPSA) is 3.24 Å². The molecule has 68 valence electrons. The lowest BCUT2D eigenvalue weighted by molar-refractivity contribution is 0.0987. The Kier molecular flexibility index (Phi) is 5.57. The van der Waals surface area contributed by atoms with Gasteiger partial charge in [-0.25, -0.2) is 0 Å². The lowest BCUT2D eigenvalue weighted by Crippen LogP contribution is -2.46. The van der Waals surface area contributed by atoms with Crippen LogP contribution in [0, 0.1) is 11.8 Å². The molecule has 1 aliphatic rings. The van der Waals surface area contributed by atoms with Crippen molar-refractivity contribution in [3.05, 3.63) is 0 Å². The van der Waals surface area contributed by atoms with Crippen molar-refractivity contribution in [1.29, 1.82) is 0 Å². The molecule has 0 N–H and O–H groups in total. The highest BCUT2D eigenvalue weighted by atomic mass is 15.2. The van der Waals surface area contributed by atoms with E-state index in [1.54, 1.807) is 0 Å². The summed E-state index contributed by atoms with van der Waals surface area (Å²) in [6, 6.07) is 0.